The lowest BCUT2D eigenvalue weighted by Crippen LogP contribution is -2.33. The van der Waals surface area contributed by atoms with Gasteiger partial charge >= 0.3 is 0 Å². The van der Waals surface area contributed by atoms with Crippen LogP contribution in [0.3, 0.4) is 0 Å². The van der Waals surface area contributed by atoms with E-state index in [0.29, 0.717) is 0 Å². The molecule has 0 aromatic carbocycles. The van der Waals surface area contributed by atoms with Crippen molar-refractivity contribution in [3.8, 4) is 11.6 Å². The van der Waals surface area contributed by atoms with Crippen molar-refractivity contribution in [2.24, 2.45) is 0 Å². The molecule has 4 atom stereocenters. The number of ether oxygens (including phenoxy) is 1. The van der Waals surface area contributed by atoms with Gasteiger partial charge in [0.15, 0.2) is 6.23 Å². The maximum Gasteiger partial charge on any atom is 0.243 e. The Morgan fingerprint density at radius 3 is 2.79 bits per heavy atom. The van der Waals surface area contributed by atoms with Crippen LogP contribution in [0.15, 0.2) is 6.33 Å². The first-order chi connectivity index (χ1) is 9.20. The summed E-state index contributed by atoms with van der Waals surface area (Å²) < 4.78 is 6.53. The molecule has 1 aliphatic rings. The Morgan fingerprint density at radius 2 is 2.16 bits per heavy atom. The Kier molecular flexibility index (Phi) is 2.94. The molecule has 0 amide bonds. The second kappa shape index (κ2) is 4.62. The Morgan fingerprint density at radius 1 is 1.32 bits per heavy atom. The first kappa shape index (κ1) is 12.1. The van der Waals surface area contributed by atoms with Crippen molar-refractivity contribution in [2.75, 3.05) is 6.61 Å². The molecule has 0 saturated carbocycles. The quantitative estimate of drug-likeness (QED) is 0.458. The molecule has 1 aliphatic heterocycles. The topological polar surface area (TPSA) is 155 Å². The van der Waals surface area contributed by atoms with Crippen LogP contribution < -0.4 is 0 Å². The van der Waals surface area contributed by atoms with Gasteiger partial charge in [-0.15, -0.1) is 15.3 Å². The molecule has 0 aliphatic carbocycles. The van der Waals surface area contributed by atoms with Gasteiger partial charge in [-0.05, 0) is 5.21 Å². The molecule has 0 bridgehead atoms. The van der Waals surface area contributed by atoms with Crippen LogP contribution in [0.4, 0.5) is 0 Å². The van der Waals surface area contributed by atoms with E-state index >= 15 is 0 Å². The molecule has 1 fully saturated rings. The van der Waals surface area contributed by atoms with Crippen LogP contribution in [-0.2, 0) is 4.74 Å². The van der Waals surface area contributed by atoms with Crippen LogP contribution in [0.2, 0.25) is 0 Å². The second-order valence-corrected chi connectivity index (χ2v) is 4.01. The molecule has 3 heterocycles. The number of nitrogens with zero attached hydrogens (tertiary/aromatic N) is 6. The number of tetrazole rings is 1. The van der Waals surface area contributed by atoms with Gasteiger partial charge in [-0.3, -0.25) is 0 Å². The average molecular weight is 269 g/mol. The fourth-order valence-corrected chi connectivity index (χ4v) is 1.85. The standard InChI is InChI=1S/C8H11N7O4/c16-1-3-4(17)5(18)8(19-3)15-2-9-6(12-15)7-10-13-14-11-7/h2-5,8,16-18H,1H2,(H,10,11,13,14)/t3-,4-,5-,8-/m1/s1. The van der Waals surface area contributed by atoms with Crippen molar-refractivity contribution in [3.05, 3.63) is 6.33 Å². The summed E-state index contributed by atoms with van der Waals surface area (Å²) in [6, 6.07) is 0. The minimum atomic E-state index is -1.21. The number of aromatic amines is 1. The third-order valence-electron chi connectivity index (χ3n) is 2.83. The molecule has 11 heteroatoms. The van der Waals surface area contributed by atoms with Crippen molar-refractivity contribution in [1.82, 2.24) is 35.4 Å². The molecule has 2 aromatic heterocycles. The van der Waals surface area contributed by atoms with Crippen molar-refractivity contribution in [1.29, 1.82) is 0 Å². The monoisotopic (exact) mass is 269 g/mol. The van der Waals surface area contributed by atoms with Gasteiger partial charge in [0.25, 0.3) is 0 Å². The number of aliphatic hydroxyl groups is 3. The number of aromatic nitrogens is 7. The molecule has 0 unspecified atom stereocenters. The van der Waals surface area contributed by atoms with E-state index in [1.54, 1.807) is 0 Å². The van der Waals surface area contributed by atoms with E-state index in [0.717, 1.165) is 0 Å². The maximum atomic E-state index is 9.83. The molecule has 4 N–H and O–H groups in total. The summed E-state index contributed by atoms with van der Waals surface area (Å²) in [6.07, 6.45) is -2.88. The lowest BCUT2D eigenvalue weighted by Gasteiger charge is -2.13. The van der Waals surface area contributed by atoms with Gasteiger partial charge in [-0.25, -0.2) is 9.67 Å². The van der Waals surface area contributed by atoms with E-state index < -0.39 is 31.1 Å². The van der Waals surface area contributed by atoms with Crippen LogP contribution in [0.25, 0.3) is 11.6 Å². The minimum absolute atomic E-state index is 0.200. The molecule has 102 valence electrons. The summed E-state index contributed by atoms with van der Waals surface area (Å²) in [5.74, 6) is 0.400. The van der Waals surface area contributed by atoms with E-state index in [4.69, 9.17) is 9.84 Å². The number of rotatable bonds is 3. The second-order valence-electron chi connectivity index (χ2n) is 4.01. The Balaban J connectivity index is 1.84. The van der Waals surface area contributed by atoms with Gasteiger partial charge in [0, 0.05) is 0 Å². The lowest BCUT2D eigenvalue weighted by molar-refractivity contribution is -0.0587. The number of H-pyrrole nitrogens is 1. The summed E-state index contributed by atoms with van der Waals surface area (Å²) in [5.41, 5.74) is 0. The number of nitrogens with one attached hydrogen (secondary N) is 1. The van der Waals surface area contributed by atoms with Crippen LogP contribution in [0.5, 0.6) is 0 Å². The molecule has 11 nitrogen and oxygen atoms in total. The molecular formula is C8H11N7O4. The van der Waals surface area contributed by atoms with Gasteiger partial charge in [0.2, 0.25) is 11.6 Å². The van der Waals surface area contributed by atoms with Crippen LogP contribution >= 0.6 is 0 Å². The van der Waals surface area contributed by atoms with Gasteiger partial charge in [0.05, 0.1) is 6.61 Å². The molecule has 0 radical (unpaired) electrons. The zero-order valence-corrected chi connectivity index (χ0v) is 9.53. The fraction of sp³-hybridized carbons (Fsp3) is 0.625. The highest BCUT2D eigenvalue weighted by atomic mass is 16.6. The predicted octanol–water partition coefficient (Wildman–Crippen LogP) is -2.93. The average Bonchev–Trinajstić information content (AvgIpc) is 3.12. The highest BCUT2D eigenvalue weighted by Gasteiger charge is 2.44. The normalized spacial score (nSPS) is 30.9. The number of aliphatic hydroxyl groups excluding tert-OH is 3. The Labute approximate surface area is 105 Å². The summed E-state index contributed by atoms with van der Waals surface area (Å²) in [7, 11) is 0. The Hall–Kier alpha value is -1.95. The molecular weight excluding hydrogens is 258 g/mol. The smallest absolute Gasteiger partial charge is 0.243 e. The van der Waals surface area contributed by atoms with Gasteiger partial charge in [-0.1, -0.05) is 0 Å². The molecule has 2 aromatic rings. The number of hydrogen-bond acceptors (Lipinski definition) is 9. The van der Waals surface area contributed by atoms with Crippen molar-refractivity contribution in [2.45, 2.75) is 24.5 Å². The minimum Gasteiger partial charge on any atom is -0.394 e. The van der Waals surface area contributed by atoms with E-state index in [2.05, 4.69) is 30.7 Å². The third-order valence-corrected chi connectivity index (χ3v) is 2.83. The van der Waals surface area contributed by atoms with Crippen molar-refractivity contribution in [3.63, 3.8) is 0 Å². The van der Waals surface area contributed by atoms with Crippen LogP contribution in [0, 0.1) is 0 Å². The van der Waals surface area contributed by atoms with Gasteiger partial charge in [0.1, 0.15) is 24.6 Å². The zero-order chi connectivity index (χ0) is 13.4. The van der Waals surface area contributed by atoms with Crippen molar-refractivity contribution < 1.29 is 20.1 Å². The third kappa shape index (κ3) is 1.98. The first-order valence-corrected chi connectivity index (χ1v) is 5.48. The molecule has 3 rings (SSSR count). The maximum absolute atomic E-state index is 9.83. The van der Waals surface area contributed by atoms with Crippen LogP contribution in [0.1, 0.15) is 6.23 Å². The fourth-order valence-electron chi connectivity index (χ4n) is 1.85. The first-order valence-electron chi connectivity index (χ1n) is 5.48. The predicted molar refractivity (Wildman–Crippen MR) is 56.2 cm³/mol. The molecule has 19 heavy (non-hydrogen) atoms. The SMILES string of the molecule is OC[C@H]1O[C@@H](n2cnc(-c3nn[nH]n3)n2)[C@H](O)[C@@H]1O. The summed E-state index contributed by atoms with van der Waals surface area (Å²) in [5, 5.41) is 45.6. The van der Waals surface area contributed by atoms with E-state index in [1.807, 2.05) is 0 Å². The van der Waals surface area contributed by atoms with E-state index in [9.17, 15) is 10.2 Å². The van der Waals surface area contributed by atoms with Gasteiger partial charge in [-0.2, -0.15) is 5.21 Å². The summed E-state index contributed by atoms with van der Waals surface area (Å²) >= 11 is 0. The van der Waals surface area contributed by atoms with E-state index in [1.165, 1.54) is 11.0 Å². The number of hydrogen-bond donors (Lipinski definition) is 4. The molecule has 0 spiro atoms. The van der Waals surface area contributed by atoms with Crippen LogP contribution in [-0.4, -0.2) is 75.6 Å². The highest BCUT2D eigenvalue weighted by Crippen LogP contribution is 2.28. The summed E-state index contributed by atoms with van der Waals surface area (Å²) in [4.78, 5) is 3.95. The largest absolute Gasteiger partial charge is 0.394 e. The molecule has 1 saturated heterocycles. The van der Waals surface area contributed by atoms with E-state index in [-0.39, 0.29) is 11.6 Å². The lowest BCUT2D eigenvalue weighted by atomic mass is 10.1. The van der Waals surface area contributed by atoms with Crippen molar-refractivity contribution >= 4 is 0 Å². The van der Waals surface area contributed by atoms with Gasteiger partial charge < -0.3 is 20.1 Å². The zero-order valence-electron chi connectivity index (χ0n) is 9.53. The summed E-state index contributed by atoms with van der Waals surface area (Å²) in [6.45, 7) is -0.402. The highest BCUT2D eigenvalue weighted by molar-refractivity contribution is 5.38. The Bertz CT molecular complexity index is 543.